The molecule has 0 aliphatic carbocycles. The zero-order valence-corrected chi connectivity index (χ0v) is 5.23. The number of aryl methyl sites for hydroxylation is 3. The summed E-state index contributed by atoms with van der Waals surface area (Å²) in [7, 11) is 0. The van der Waals surface area contributed by atoms with Crippen molar-refractivity contribution in [2.45, 2.75) is 20.6 Å². The second-order valence-electron chi connectivity index (χ2n) is 2.05. The van der Waals surface area contributed by atoms with Crippen molar-refractivity contribution in [2.24, 2.45) is 0 Å². The van der Waals surface area contributed by atoms with Crippen LogP contribution in [0.25, 0.3) is 0 Å². The number of hydrogen-bond acceptors (Lipinski definition) is 0. The molecule has 0 aliphatic heterocycles. The topological polar surface area (TPSA) is 0 Å². The minimum Gasteiger partial charge on any atom is -0.0590 e. The van der Waals surface area contributed by atoms with Gasteiger partial charge in [-0.3, -0.25) is 0 Å². The van der Waals surface area contributed by atoms with Crippen LogP contribution in [0.2, 0.25) is 0 Å². The fraction of sp³-hybridized carbons (Fsp3) is 0.333. The van der Waals surface area contributed by atoms with Gasteiger partial charge in [-0.25, -0.2) is 0 Å². The van der Waals surface area contributed by atoms with Crippen LogP contribution in [0.15, 0.2) is 18.2 Å². The van der Waals surface area contributed by atoms with E-state index >= 15 is 0 Å². The molecule has 0 fully saturated rings. The average Bonchev–Trinajstić information content (AvgIpc) is 2.00. The Balaban J connectivity index is 3.41. The SMILES string of the molecule is [2H]C([2H])([2H])c1ccc(C)cc1C([2H])([2H])[2H]. The third-order valence-corrected chi connectivity index (χ3v) is 1.18. The summed E-state index contributed by atoms with van der Waals surface area (Å²) in [4.78, 5) is 0. The van der Waals surface area contributed by atoms with Gasteiger partial charge in [0.25, 0.3) is 0 Å². The molecule has 1 rings (SSSR count). The van der Waals surface area contributed by atoms with Crippen LogP contribution in [0, 0.1) is 20.6 Å². The summed E-state index contributed by atoms with van der Waals surface area (Å²) >= 11 is 0. The third-order valence-electron chi connectivity index (χ3n) is 1.18. The van der Waals surface area contributed by atoms with Crippen molar-refractivity contribution in [3.8, 4) is 0 Å². The van der Waals surface area contributed by atoms with E-state index in [1.165, 1.54) is 12.1 Å². The average molecular weight is 126 g/mol. The zero-order chi connectivity index (χ0) is 11.9. The van der Waals surface area contributed by atoms with Gasteiger partial charge in [0.05, 0.1) is 0 Å². The van der Waals surface area contributed by atoms with Gasteiger partial charge in [-0.05, 0) is 31.8 Å². The molecule has 0 aliphatic rings. The number of hydrogen-bond donors (Lipinski definition) is 0. The third kappa shape index (κ3) is 1.32. The molecule has 1 aromatic rings. The Bertz CT molecular complexity index is 360. The van der Waals surface area contributed by atoms with Crippen LogP contribution in [0.1, 0.15) is 24.9 Å². The molecule has 0 atom stereocenters. The quantitative estimate of drug-likeness (QED) is 0.501. The van der Waals surface area contributed by atoms with Gasteiger partial charge >= 0.3 is 0 Å². The molecule has 0 spiro atoms. The smallest absolute Gasteiger partial charge is 0.0280 e. The molecule has 1 aromatic carbocycles. The van der Waals surface area contributed by atoms with E-state index in [1.807, 2.05) is 0 Å². The molecule has 0 unspecified atom stereocenters. The Morgan fingerprint density at radius 3 is 2.67 bits per heavy atom. The van der Waals surface area contributed by atoms with Gasteiger partial charge in [0.2, 0.25) is 0 Å². The summed E-state index contributed by atoms with van der Waals surface area (Å²) < 4.78 is 43.6. The highest BCUT2D eigenvalue weighted by molar-refractivity contribution is 5.28. The summed E-state index contributed by atoms with van der Waals surface area (Å²) in [5, 5.41) is 0. The van der Waals surface area contributed by atoms with Crippen LogP contribution in [0.4, 0.5) is 0 Å². The molecular formula is C9H12. The van der Waals surface area contributed by atoms with Crippen LogP contribution < -0.4 is 0 Å². The van der Waals surface area contributed by atoms with Gasteiger partial charge in [-0.1, -0.05) is 23.8 Å². The lowest BCUT2D eigenvalue weighted by atomic mass is 10.1. The van der Waals surface area contributed by atoms with Gasteiger partial charge in [-0.2, -0.15) is 0 Å². The number of benzene rings is 1. The largest absolute Gasteiger partial charge is 0.0590 e. The summed E-state index contributed by atoms with van der Waals surface area (Å²) in [5.74, 6) is 0. The lowest BCUT2D eigenvalue weighted by molar-refractivity contribution is 1.30. The Hall–Kier alpha value is -0.780. The van der Waals surface area contributed by atoms with E-state index in [2.05, 4.69) is 0 Å². The van der Waals surface area contributed by atoms with Crippen LogP contribution in [-0.2, 0) is 0 Å². The van der Waals surface area contributed by atoms with Gasteiger partial charge in [-0.15, -0.1) is 0 Å². The maximum Gasteiger partial charge on any atom is 0.0280 e. The minimum atomic E-state index is -2.38. The predicted molar refractivity (Wildman–Crippen MR) is 40.7 cm³/mol. The van der Waals surface area contributed by atoms with E-state index in [1.54, 1.807) is 13.0 Å². The van der Waals surface area contributed by atoms with Crippen LogP contribution in [-0.4, -0.2) is 0 Å². The lowest BCUT2D eigenvalue weighted by Crippen LogP contribution is -1.79. The molecule has 0 saturated heterocycles. The van der Waals surface area contributed by atoms with E-state index in [4.69, 9.17) is 8.22 Å². The zero-order valence-electron chi connectivity index (χ0n) is 11.2. The fourth-order valence-corrected chi connectivity index (χ4v) is 0.658. The van der Waals surface area contributed by atoms with Gasteiger partial charge in [0, 0.05) is 8.22 Å². The first-order valence-corrected chi connectivity index (χ1v) is 2.74. The molecule has 9 heavy (non-hydrogen) atoms. The van der Waals surface area contributed by atoms with Crippen molar-refractivity contribution in [2.75, 3.05) is 0 Å². The highest BCUT2D eigenvalue weighted by Gasteiger charge is 1.89. The first kappa shape index (κ1) is 2.12. The highest BCUT2D eigenvalue weighted by Crippen LogP contribution is 2.07. The lowest BCUT2D eigenvalue weighted by Gasteiger charge is -1.98. The summed E-state index contributed by atoms with van der Waals surface area (Å²) in [6.07, 6.45) is 0. The van der Waals surface area contributed by atoms with Crippen LogP contribution >= 0.6 is 0 Å². The van der Waals surface area contributed by atoms with Crippen molar-refractivity contribution >= 4 is 0 Å². The second kappa shape index (κ2) is 2.22. The molecule has 0 amide bonds. The van der Waals surface area contributed by atoms with Crippen LogP contribution in [0.5, 0.6) is 0 Å². The molecule has 0 aromatic heterocycles. The van der Waals surface area contributed by atoms with E-state index in [9.17, 15) is 0 Å². The Morgan fingerprint density at radius 1 is 1.22 bits per heavy atom. The van der Waals surface area contributed by atoms with E-state index < -0.39 is 13.7 Å². The molecule has 0 bridgehead atoms. The van der Waals surface area contributed by atoms with Gasteiger partial charge < -0.3 is 0 Å². The molecule has 0 heteroatoms. The molecular weight excluding hydrogens is 108 g/mol. The van der Waals surface area contributed by atoms with Crippen molar-refractivity contribution in [1.29, 1.82) is 0 Å². The van der Waals surface area contributed by atoms with Crippen LogP contribution in [0.3, 0.4) is 0 Å². The first-order valence-electron chi connectivity index (χ1n) is 5.74. The summed E-state index contributed by atoms with van der Waals surface area (Å²) in [6.45, 7) is -3.02. The first-order chi connectivity index (χ1) is 6.62. The van der Waals surface area contributed by atoms with E-state index in [0.29, 0.717) is 0 Å². The number of rotatable bonds is 0. The molecule has 0 nitrogen and oxygen atoms in total. The standard InChI is InChI=1S/C9H12/c1-7-4-5-8(2)9(3)6-7/h4-6H,1-3H3/i2D3,3D3. The van der Waals surface area contributed by atoms with Crippen molar-refractivity contribution in [3.63, 3.8) is 0 Å². The predicted octanol–water partition coefficient (Wildman–Crippen LogP) is 2.61. The van der Waals surface area contributed by atoms with Gasteiger partial charge in [0.1, 0.15) is 0 Å². The fourth-order valence-electron chi connectivity index (χ4n) is 0.658. The van der Waals surface area contributed by atoms with Gasteiger partial charge in [0.15, 0.2) is 0 Å². The van der Waals surface area contributed by atoms with Crippen molar-refractivity contribution in [1.82, 2.24) is 0 Å². The van der Waals surface area contributed by atoms with E-state index in [-0.39, 0.29) is 11.1 Å². The maximum absolute atomic E-state index is 7.27. The maximum atomic E-state index is 7.27. The Labute approximate surface area is 65.0 Å². The monoisotopic (exact) mass is 126 g/mol. The summed E-state index contributed by atoms with van der Waals surface area (Å²) in [6, 6.07) is 4.38. The molecule has 48 valence electrons. The molecule has 0 radical (unpaired) electrons. The summed E-state index contributed by atoms with van der Waals surface area (Å²) in [5.41, 5.74) is 0.574. The Kier molecular flexibility index (Phi) is 0.522. The second-order valence-corrected chi connectivity index (χ2v) is 2.05. The Morgan fingerprint density at radius 2 is 2.00 bits per heavy atom. The van der Waals surface area contributed by atoms with Crippen molar-refractivity contribution < 1.29 is 8.22 Å². The normalized spacial score (nSPS) is 22.3. The molecule has 0 heterocycles. The molecule has 0 saturated carbocycles. The highest BCUT2D eigenvalue weighted by atomic mass is 13.9. The minimum absolute atomic E-state index is 0.0810. The molecule has 0 N–H and O–H groups in total. The van der Waals surface area contributed by atoms with E-state index in [0.717, 1.165) is 5.56 Å². The van der Waals surface area contributed by atoms with Crippen molar-refractivity contribution in [3.05, 3.63) is 34.9 Å².